The van der Waals surface area contributed by atoms with Crippen LogP contribution in [0.3, 0.4) is 0 Å². The molecule has 0 radical (unpaired) electrons. The molecule has 0 bridgehead atoms. The largest absolute Gasteiger partial charge is 0.340 e. The number of nitrogens with zero attached hydrogens (tertiary/aromatic N) is 2. The number of anilines is 2. The Morgan fingerprint density at radius 1 is 1.26 bits per heavy atom. The maximum absolute atomic E-state index is 6.12. The van der Waals surface area contributed by atoms with E-state index in [0.29, 0.717) is 5.15 Å². The van der Waals surface area contributed by atoms with Gasteiger partial charge in [0.1, 0.15) is 16.8 Å². The van der Waals surface area contributed by atoms with Gasteiger partial charge in [-0.05, 0) is 37.6 Å². The minimum absolute atomic E-state index is 0.503. The van der Waals surface area contributed by atoms with Crippen LogP contribution in [0.2, 0.25) is 5.15 Å². The van der Waals surface area contributed by atoms with Gasteiger partial charge in [0, 0.05) is 22.1 Å². The van der Waals surface area contributed by atoms with E-state index < -0.39 is 0 Å². The molecule has 1 aromatic heterocycles. The van der Waals surface area contributed by atoms with E-state index >= 15 is 0 Å². The van der Waals surface area contributed by atoms with Crippen molar-refractivity contribution in [2.45, 2.75) is 27.2 Å². The summed E-state index contributed by atoms with van der Waals surface area (Å²) in [4.78, 5) is 8.71. The number of hydrogen-bond donors (Lipinski definition) is 1. The van der Waals surface area contributed by atoms with Gasteiger partial charge < -0.3 is 5.32 Å². The summed E-state index contributed by atoms with van der Waals surface area (Å²) < 4.78 is 1.09. The minimum atomic E-state index is 0.503. The first-order valence-corrected chi connectivity index (χ1v) is 7.24. The van der Waals surface area contributed by atoms with E-state index in [-0.39, 0.29) is 0 Å². The van der Waals surface area contributed by atoms with Crippen LogP contribution in [-0.4, -0.2) is 9.97 Å². The van der Waals surface area contributed by atoms with Crippen LogP contribution in [0, 0.1) is 13.8 Å². The summed E-state index contributed by atoms with van der Waals surface area (Å²) in [5, 5.41) is 3.80. The molecule has 2 aromatic rings. The molecule has 1 N–H and O–H groups in total. The Morgan fingerprint density at radius 3 is 2.63 bits per heavy atom. The molecule has 19 heavy (non-hydrogen) atoms. The standard InChI is InChI=1S/C14H15BrClN3/c1-4-12-18-13(16)9(3)14(19-12)17-10-5-6-11(15)8(2)7-10/h5-7H,4H2,1-3H3,(H,17,18,19). The molecule has 5 heteroatoms. The Labute approximate surface area is 126 Å². The van der Waals surface area contributed by atoms with Crippen LogP contribution >= 0.6 is 27.5 Å². The van der Waals surface area contributed by atoms with E-state index in [1.54, 1.807) is 0 Å². The van der Waals surface area contributed by atoms with Crippen LogP contribution in [-0.2, 0) is 6.42 Å². The summed E-state index contributed by atoms with van der Waals surface area (Å²) >= 11 is 9.61. The number of halogens is 2. The molecule has 0 spiro atoms. The normalized spacial score (nSPS) is 10.6. The predicted molar refractivity (Wildman–Crippen MR) is 83.3 cm³/mol. The highest BCUT2D eigenvalue weighted by atomic mass is 79.9. The number of benzene rings is 1. The van der Waals surface area contributed by atoms with Crippen LogP contribution in [0.15, 0.2) is 22.7 Å². The van der Waals surface area contributed by atoms with Gasteiger partial charge in [-0.2, -0.15) is 0 Å². The van der Waals surface area contributed by atoms with Crippen molar-refractivity contribution in [3.8, 4) is 0 Å². The molecule has 0 aliphatic rings. The summed E-state index contributed by atoms with van der Waals surface area (Å²) in [6.07, 6.45) is 0.758. The average Bonchev–Trinajstić information content (AvgIpc) is 2.39. The van der Waals surface area contributed by atoms with Gasteiger partial charge in [-0.3, -0.25) is 0 Å². The van der Waals surface area contributed by atoms with Gasteiger partial charge in [0.25, 0.3) is 0 Å². The van der Waals surface area contributed by atoms with E-state index in [9.17, 15) is 0 Å². The molecule has 2 rings (SSSR count). The SMILES string of the molecule is CCc1nc(Cl)c(C)c(Nc2ccc(Br)c(C)c2)n1. The van der Waals surface area contributed by atoms with Gasteiger partial charge in [0.15, 0.2) is 0 Å². The minimum Gasteiger partial charge on any atom is -0.340 e. The van der Waals surface area contributed by atoms with Gasteiger partial charge in [0.2, 0.25) is 0 Å². The quantitative estimate of drug-likeness (QED) is 0.814. The molecule has 1 aromatic carbocycles. The zero-order chi connectivity index (χ0) is 14.0. The van der Waals surface area contributed by atoms with Crippen molar-refractivity contribution in [1.29, 1.82) is 0 Å². The first kappa shape index (κ1) is 14.3. The molecule has 0 fully saturated rings. The Morgan fingerprint density at radius 2 is 2.00 bits per heavy atom. The Bertz CT molecular complexity index is 614. The summed E-state index contributed by atoms with van der Waals surface area (Å²) in [5.41, 5.74) is 3.01. The van der Waals surface area contributed by atoms with E-state index in [0.717, 1.165) is 33.8 Å². The molecule has 0 unspecified atom stereocenters. The summed E-state index contributed by atoms with van der Waals surface area (Å²) in [5.74, 6) is 1.51. The Balaban J connectivity index is 2.37. The molecule has 3 nitrogen and oxygen atoms in total. The summed E-state index contributed by atoms with van der Waals surface area (Å²) in [6, 6.07) is 6.07. The smallest absolute Gasteiger partial charge is 0.138 e. The number of hydrogen-bond acceptors (Lipinski definition) is 3. The Hall–Kier alpha value is -1.13. The maximum atomic E-state index is 6.12. The van der Waals surface area contributed by atoms with Gasteiger partial charge in [0.05, 0.1) is 0 Å². The van der Waals surface area contributed by atoms with Crippen LogP contribution in [0.4, 0.5) is 11.5 Å². The molecule has 0 saturated heterocycles. The lowest BCUT2D eigenvalue weighted by Crippen LogP contribution is -2.03. The third kappa shape index (κ3) is 3.25. The molecule has 0 saturated carbocycles. The highest BCUT2D eigenvalue weighted by Gasteiger charge is 2.09. The molecule has 1 heterocycles. The zero-order valence-electron chi connectivity index (χ0n) is 11.1. The molecule has 0 aliphatic heterocycles. The molecule has 0 amide bonds. The maximum Gasteiger partial charge on any atom is 0.138 e. The monoisotopic (exact) mass is 339 g/mol. The average molecular weight is 341 g/mol. The lowest BCUT2D eigenvalue weighted by Gasteiger charge is -2.12. The fourth-order valence-corrected chi connectivity index (χ4v) is 2.11. The number of rotatable bonds is 3. The molecule has 0 aliphatic carbocycles. The summed E-state index contributed by atoms with van der Waals surface area (Å²) in [7, 11) is 0. The van der Waals surface area contributed by atoms with Crippen LogP contribution in [0.5, 0.6) is 0 Å². The highest BCUT2D eigenvalue weighted by molar-refractivity contribution is 9.10. The first-order valence-electron chi connectivity index (χ1n) is 6.07. The van der Waals surface area contributed by atoms with E-state index in [2.05, 4.69) is 37.3 Å². The number of nitrogens with one attached hydrogen (secondary N) is 1. The molecule has 100 valence electrons. The lowest BCUT2D eigenvalue weighted by molar-refractivity contribution is 0.934. The van der Waals surface area contributed by atoms with Crippen LogP contribution in [0.25, 0.3) is 0 Å². The van der Waals surface area contributed by atoms with Crippen molar-refractivity contribution in [3.63, 3.8) is 0 Å². The molecular formula is C14H15BrClN3. The van der Waals surface area contributed by atoms with Gasteiger partial charge >= 0.3 is 0 Å². The highest BCUT2D eigenvalue weighted by Crippen LogP contribution is 2.26. The zero-order valence-corrected chi connectivity index (χ0v) is 13.4. The fraction of sp³-hybridized carbons (Fsp3) is 0.286. The van der Waals surface area contributed by atoms with Crippen molar-refractivity contribution in [2.75, 3.05) is 5.32 Å². The number of aromatic nitrogens is 2. The van der Waals surface area contributed by atoms with Crippen molar-refractivity contribution >= 4 is 39.0 Å². The van der Waals surface area contributed by atoms with E-state index in [1.165, 1.54) is 5.56 Å². The second-order valence-corrected chi connectivity index (χ2v) is 5.56. The van der Waals surface area contributed by atoms with E-state index in [4.69, 9.17) is 11.6 Å². The third-order valence-electron chi connectivity index (χ3n) is 2.87. The van der Waals surface area contributed by atoms with Crippen LogP contribution < -0.4 is 5.32 Å². The van der Waals surface area contributed by atoms with Crippen molar-refractivity contribution in [3.05, 3.63) is 44.8 Å². The van der Waals surface area contributed by atoms with Crippen molar-refractivity contribution < 1.29 is 0 Å². The Kier molecular flexibility index (Phi) is 4.42. The number of aryl methyl sites for hydroxylation is 2. The van der Waals surface area contributed by atoms with Crippen molar-refractivity contribution in [1.82, 2.24) is 9.97 Å². The predicted octanol–water partition coefficient (Wildman–Crippen LogP) is 4.82. The topological polar surface area (TPSA) is 37.8 Å². The molecular weight excluding hydrogens is 326 g/mol. The van der Waals surface area contributed by atoms with Crippen molar-refractivity contribution in [2.24, 2.45) is 0 Å². The van der Waals surface area contributed by atoms with Gasteiger partial charge in [-0.25, -0.2) is 9.97 Å². The van der Waals surface area contributed by atoms with Crippen LogP contribution in [0.1, 0.15) is 23.9 Å². The lowest BCUT2D eigenvalue weighted by atomic mass is 10.2. The summed E-state index contributed by atoms with van der Waals surface area (Å²) in [6.45, 7) is 5.97. The van der Waals surface area contributed by atoms with Gasteiger partial charge in [-0.15, -0.1) is 0 Å². The first-order chi connectivity index (χ1) is 9.01. The van der Waals surface area contributed by atoms with Gasteiger partial charge in [-0.1, -0.05) is 34.5 Å². The third-order valence-corrected chi connectivity index (χ3v) is 4.13. The molecule has 0 atom stereocenters. The fourth-order valence-electron chi connectivity index (χ4n) is 1.67. The second-order valence-electron chi connectivity index (χ2n) is 4.35. The van der Waals surface area contributed by atoms with E-state index in [1.807, 2.05) is 32.9 Å². The second kappa shape index (κ2) is 5.88.